The molecule has 100 valence electrons. The van der Waals surface area contributed by atoms with Crippen molar-refractivity contribution in [1.82, 2.24) is 5.32 Å². The van der Waals surface area contributed by atoms with Gasteiger partial charge < -0.3 is 10.4 Å². The molecule has 1 aromatic rings. The highest BCUT2D eigenvalue weighted by molar-refractivity contribution is 5.92. The minimum absolute atomic E-state index is 0.00194. The molecule has 2 rings (SSSR count). The summed E-state index contributed by atoms with van der Waals surface area (Å²) in [5.74, 6) is -0.310. The van der Waals surface area contributed by atoms with E-state index in [9.17, 15) is 14.9 Å². The molecule has 0 heterocycles. The lowest BCUT2D eigenvalue weighted by Crippen LogP contribution is -2.46. The molecular formula is C13H14N2O4. The van der Waals surface area contributed by atoms with Crippen molar-refractivity contribution in [3.8, 4) is 0 Å². The van der Waals surface area contributed by atoms with E-state index in [4.69, 9.17) is 5.11 Å². The number of nitrogens with one attached hydrogen (secondary N) is 1. The minimum Gasteiger partial charge on any atom is -0.393 e. The van der Waals surface area contributed by atoms with Crippen molar-refractivity contribution in [2.75, 3.05) is 0 Å². The molecule has 0 atom stereocenters. The van der Waals surface area contributed by atoms with Crippen LogP contribution in [0.5, 0.6) is 0 Å². The summed E-state index contributed by atoms with van der Waals surface area (Å²) in [6.07, 6.45) is 3.48. The molecule has 1 aromatic carbocycles. The Morgan fingerprint density at radius 3 is 2.74 bits per heavy atom. The third-order valence-electron chi connectivity index (χ3n) is 3.01. The van der Waals surface area contributed by atoms with Crippen LogP contribution < -0.4 is 5.32 Å². The van der Waals surface area contributed by atoms with Crippen molar-refractivity contribution in [3.05, 3.63) is 46.0 Å². The predicted octanol–water partition coefficient (Wildman–Crippen LogP) is 1.25. The number of rotatable bonds is 4. The Morgan fingerprint density at radius 1 is 1.42 bits per heavy atom. The summed E-state index contributed by atoms with van der Waals surface area (Å²) < 4.78 is 0. The van der Waals surface area contributed by atoms with Gasteiger partial charge in [0.05, 0.1) is 16.6 Å². The highest BCUT2D eigenvalue weighted by Crippen LogP contribution is 2.20. The molecule has 0 unspecified atom stereocenters. The number of carbonyl (C=O) groups excluding carboxylic acids is 1. The van der Waals surface area contributed by atoms with Crippen LogP contribution in [0.15, 0.2) is 30.3 Å². The first-order chi connectivity index (χ1) is 9.06. The second-order valence-electron chi connectivity index (χ2n) is 4.48. The number of aliphatic hydroxyl groups excluding tert-OH is 1. The van der Waals surface area contributed by atoms with Crippen LogP contribution in [0.25, 0.3) is 6.08 Å². The van der Waals surface area contributed by atoms with Crippen molar-refractivity contribution in [2.45, 2.75) is 25.0 Å². The Hall–Kier alpha value is -2.21. The van der Waals surface area contributed by atoms with Gasteiger partial charge in [0.15, 0.2) is 0 Å². The van der Waals surface area contributed by atoms with Crippen molar-refractivity contribution < 1.29 is 14.8 Å². The second-order valence-corrected chi connectivity index (χ2v) is 4.48. The first kappa shape index (κ1) is 13.2. The highest BCUT2D eigenvalue weighted by atomic mass is 16.6. The molecule has 0 radical (unpaired) electrons. The largest absolute Gasteiger partial charge is 0.393 e. The Kier molecular flexibility index (Phi) is 3.91. The fourth-order valence-corrected chi connectivity index (χ4v) is 1.92. The van der Waals surface area contributed by atoms with Gasteiger partial charge in [-0.2, -0.15) is 0 Å². The van der Waals surface area contributed by atoms with Crippen molar-refractivity contribution >= 4 is 17.7 Å². The number of carbonyl (C=O) groups is 1. The Labute approximate surface area is 109 Å². The van der Waals surface area contributed by atoms with Crippen LogP contribution in [0.2, 0.25) is 0 Å². The fourth-order valence-electron chi connectivity index (χ4n) is 1.92. The highest BCUT2D eigenvalue weighted by Gasteiger charge is 2.27. The van der Waals surface area contributed by atoms with Gasteiger partial charge in [0.2, 0.25) is 5.91 Å². The number of nitrogens with zero attached hydrogens (tertiary/aromatic N) is 1. The number of aliphatic hydroxyl groups is 1. The van der Waals surface area contributed by atoms with Gasteiger partial charge in [-0.25, -0.2) is 0 Å². The normalized spacial score (nSPS) is 21.9. The number of amides is 1. The summed E-state index contributed by atoms with van der Waals surface area (Å²) in [4.78, 5) is 21.9. The van der Waals surface area contributed by atoms with Gasteiger partial charge in [-0.15, -0.1) is 0 Å². The summed E-state index contributed by atoms with van der Waals surface area (Å²) in [5, 5.41) is 22.6. The zero-order valence-electron chi connectivity index (χ0n) is 10.2. The summed E-state index contributed by atoms with van der Waals surface area (Å²) in [6, 6.07) is 6.21. The first-order valence-electron chi connectivity index (χ1n) is 5.96. The number of hydrogen-bond acceptors (Lipinski definition) is 4. The van der Waals surface area contributed by atoms with Gasteiger partial charge in [0.1, 0.15) is 0 Å². The number of hydrogen-bond donors (Lipinski definition) is 2. The van der Waals surface area contributed by atoms with E-state index in [1.807, 2.05) is 0 Å². The van der Waals surface area contributed by atoms with Crippen molar-refractivity contribution in [2.24, 2.45) is 0 Å². The number of nitro benzene ring substituents is 1. The van der Waals surface area contributed by atoms with E-state index in [1.165, 1.54) is 18.2 Å². The molecule has 0 aliphatic heterocycles. The van der Waals surface area contributed by atoms with Gasteiger partial charge >= 0.3 is 0 Å². The molecule has 1 saturated carbocycles. The molecule has 1 fully saturated rings. The second kappa shape index (κ2) is 5.62. The molecule has 1 aliphatic carbocycles. The number of para-hydroxylation sites is 1. The lowest BCUT2D eigenvalue weighted by Gasteiger charge is -2.31. The maximum atomic E-state index is 11.6. The van der Waals surface area contributed by atoms with Gasteiger partial charge in [0, 0.05) is 18.2 Å². The molecule has 1 aliphatic rings. The van der Waals surface area contributed by atoms with Crippen LogP contribution in [0.4, 0.5) is 5.69 Å². The van der Waals surface area contributed by atoms with Gasteiger partial charge in [-0.3, -0.25) is 14.9 Å². The molecule has 0 spiro atoms. The topological polar surface area (TPSA) is 92.5 Å². The monoisotopic (exact) mass is 262 g/mol. The molecule has 0 aromatic heterocycles. The zero-order valence-corrected chi connectivity index (χ0v) is 10.2. The number of nitro groups is 1. The van der Waals surface area contributed by atoms with Crippen LogP contribution in [0.3, 0.4) is 0 Å². The van der Waals surface area contributed by atoms with Crippen LogP contribution in [0, 0.1) is 10.1 Å². The van der Waals surface area contributed by atoms with Crippen LogP contribution >= 0.6 is 0 Å². The molecule has 0 bridgehead atoms. The Morgan fingerprint density at radius 2 is 2.11 bits per heavy atom. The smallest absolute Gasteiger partial charge is 0.276 e. The van der Waals surface area contributed by atoms with Crippen LogP contribution in [-0.4, -0.2) is 28.1 Å². The molecule has 1 amide bonds. The standard InChI is InChI=1S/C13H14N2O4/c16-11-7-10(8-11)14-13(17)6-5-9-3-1-2-4-12(9)15(18)19/h1-6,10-11,16H,7-8H2,(H,14,17). The molecule has 6 heteroatoms. The third kappa shape index (κ3) is 3.38. The van der Waals surface area contributed by atoms with E-state index in [0.717, 1.165) is 0 Å². The summed E-state index contributed by atoms with van der Waals surface area (Å²) in [7, 11) is 0. The van der Waals surface area contributed by atoms with Crippen LogP contribution in [-0.2, 0) is 4.79 Å². The van der Waals surface area contributed by atoms with Crippen molar-refractivity contribution in [3.63, 3.8) is 0 Å². The average Bonchev–Trinajstić information content (AvgIpc) is 2.34. The quantitative estimate of drug-likeness (QED) is 0.485. The average molecular weight is 262 g/mol. The Bertz CT molecular complexity index is 521. The molecule has 2 N–H and O–H groups in total. The minimum atomic E-state index is -0.486. The molecule has 6 nitrogen and oxygen atoms in total. The van der Waals surface area contributed by atoms with Crippen LogP contribution in [0.1, 0.15) is 18.4 Å². The lowest BCUT2D eigenvalue weighted by molar-refractivity contribution is -0.385. The maximum Gasteiger partial charge on any atom is 0.276 e. The third-order valence-corrected chi connectivity index (χ3v) is 3.01. The van der Waals surface area contributed by atoms with E-state index in [2.05, 4.69) is 5.32 Å². The number of benzene rings is 1. The zero-order chi connectivity index (χ0) is 13.8. The molecular weight excluding hydrogens is 248 g/mol. The van der Waals surface area contributed by atoms with E-state index >= 15 is 0 Å². The summed E-state index contributed by atoms with van der Waals surface area (Å²) in [6.45, 7) is 0. The van der Waals surface area contributed by atoms with Gasteiger partial charge in [0.25, 0.3) is 5.69 Å². The van der Waals surface area contributed by atoms with Crippen molar-refractivity contribution in [1.29, 1.82) is 0 Å². The Balaban J connectivity index is 1.98. The van der Waals surface area contributed by atoms with E-state index in [-0.39, 0.29) is 23.7 Å². The van der Waals surface area contributed by atoms with E-state index in [0.29, 0.717) is 18.4 Å². The maximum absolute atomic E-state index is 11.6. The lowest BCUT2D eigenvalue weighted by atomic mass is 9.89. The predicted molar refractivity (Wildman–Crippen MR) is 69.3 cm³/mol. The molecule has 19 heavy (non-hydrogen) atoms. The first-order valence-corrected chi connectivity index (χ1v) is 5.96. The van der Waals surface area contributed by atoms with Gasteiger partial charge in [-0.1, -0.05) is 12.1 Å². The van der Waals surface area contributed by atoms with E-state index < -0.39 is 4.92 Å². The van der Waals surface area contributed by atoms with Gasteiger partial charge in [-0.05, 0) is 25.0 Å². The SMILES string of the molecule is O=C(C=Cc1ccccc1[N+](=O)[O-])NC1CC(O)C1. The van der Waals surface area contributed by atoms with E-state index in [1.54, 1.807) is 18.2 Å². The summed E-state index contributed by atoms with van der Waals surface area (Å²) in [5.41, 5.74) is 0.349. The molecule has 0 saturated heterocycles. The summed E-state index contributed by atoms with van der Waals surface area (Å²) >= 11 is 0. The fraction of sp³-hybridized carbons (Fsp3) is 0.308.